The summed E-state index contributed by atoms with van der Waals surface area (Å²) in [6.07, 6.45) is 0. The van der Waals surface area contributed by atoms with E-state index in [1.54, 1.807) is 11.8 Å². The number of carbonyl (C=O) groups is 1. The van der Waals surface area contributed by atoms with Crippen molar-refractivity contribution in [1.29, 1.82) is 0 Å². The zero-order valence-electron chi connectivity index (χ0n) is 13.0. The molecule has 0 saturated carbocycles. The molecular formula is C14H13B2N3O3S. The maximum Gasteiger partial charge on any atom is 0.324 e. The molecule has 0 aliphatic carbocycles. The zero-order valence-corrected chi connectivity index (χ0v) is 13.8. The number of carbonyl (C=O) groups excluding carboxylic acids is 1. The second kappa shape index (κ2) is 4.83. The number of hydrogen-bond acceptors (Lipinski definition) is 5. The van der Waals surface area contributed by atoms with Gasteiger partial charge in [0.1, 0.15) is 11.6 Å². The lowest BCUT2D eigenvalue weighted by Crippen LogP contribution is -2.39. The van der Waals surface area contributed by atoms with E-state index in [1.165, 1.54) is 11.3 Å². The first-order valence-corrected chi connectivity index (χ1v) is 8.11. The van der Waals surface area contributed by atoms with Gasteiger partial charge in [-0.1, -0.05) is 17.3 Å². The largest absolute Gasteiger partial charge is 0.467 e. The van der Waals surface area contributed by atoms with Crippen LogP contribution in [0.4, 0.5) is 9.93 Å². The van der Waals surface area contributed by atoms with Gasteiger partial charge in [0.2, 0.25) is 0 Å². The highest BCUT2D eigenvalue weighted by Gasteiger charge is 2.36. The first kappa shape index (κ1) is 14.3. The Morgan fingerprint density at radius 3 is 3.09 bits per heavy atom. The van der Waals surface area contributed by atoms with Crippen molar-refractivity contribution in [3.05, 3.63) is 12.1 Å². The summed E-state index contributed by atoms with van der Waals surface area (Å²) in [6.45, 7) is 2.26. The highest BCUT2D eigenvalue weighted by molar-refractivity contribution is 7.22. The number of nitrogens with zero attached hydrogens (tertiary/aromatic N) is 2. The van der Waals surface area contributed by atoms with Gasteiger partial charge < -0.3 is 14.8 Å². The third-order valence-electron chi connectivity index (χ3n) is 3.66. The number of rotatable bonds is 1. The fraction of sp³-hybridized carbons (Fsp3) is 0.286. The molecule has 114 valence electrons. The molecule has 0 bridgehead atoms. The normalized spacial score (nSPS) is 21.2. The predicted molar refractivity (Wildman–Crippen MR) is 93.8 cm³/mol. The van der Waals surface area contributed by atoms with Gasteiger partial charge in [0.15, 0.2) is 37.9 Å². The molecule has 1 fully saturated rings. The molecule has 1 aromatic heterocycles. The van der Waals surface area contributed by atoms with Gasteiger partial charge in [0.05, 0.1) is 11.2 Å². The lowest BCUT2D eigenvalue weighted by molar-refractivity contribution is 0.0840. The molecule has 3 heterocycles. The number of anilines is 1. The first-order chi connectivity index (χ1) is 11.0. The number of aromatic nitrogens is 1. The van der Waals surface area contributed by atoms with Gasteiger partial charge in [-0.05, 0) is 19.1 Å². The number of amides is 2. The highest BCUT2D eigenvalue weighted by atomic mass is 32.1. The number of thiazole rings is 1. The average molecular weight is 325 g/mol. The molecule has 1 aromatic carbocycles. The molecule has 1 N–H and O–H groups in total. The van der Waals surface area contributed by atoms with E-state index >= 15 is 0 Å². The number of benzene rings is 1. The van der Waals surface area contributed by atoms with Crippen molar-refractivity contribution >= 4 is 48.4 Å². The van der Waals surface area contributed by atoms with E-state index in [0.29, 0.717) is 23.2 Å². The van der Waals surface area contributed by atoms with E-state index in [9.17, 15) is 4.79 Å². The van der Waals surface area contributed by atoms with Crippen LogP contribution < -0.4 is 19.7 Å². The molecule has 0 unspecified atom stereocenters. The van der Waals surface area contributed by atoms with Crippen molar-refractivity contribution in [3.63, 3.8) is 0 Å². The second-order valence-corrected chi connectivity index (χ2v) is 6.82. The van der Waals surface area contributed by atoms with Crippen LogP contribution in [-0.2, 0) is 0 Å². The Kier molecular flexibility index (Phi) is 3.00. The smallest absolute Gasteiger partial charge is 0.324 e. The molecule has 2 aromatic rings. The second-order valence-electron chi connectivity index (χ2n) is 5.81. The Bertz CT molecular complexity index is 887. The van der Waals surface area contributed by atoms with Crippen LogP contribution in [0.5, 0.6) is 11.5 Å². The van der Waals surface area contributed by atoms with Gasteiger partial charge in [-0.3, -0.25) is 4.90 Å². The van der Waals surface area contributed by atoms with Gasteiger partial charge in [0, 0.05) is 0 Å². The van der Waals surface area contributed by atoms with Crippen LogP contribution in [0.3, 0.4) is 0 Å². The summed E-state index contributed by atoms with van der Waals surface area (Å²) in [4.78, 5) is 18.4. The minimum absolute atomic E-state index is 0.175. The number of fused-ring (bicyclic) bond motifs is 3. The maximum atomic E-state index is 12.1. The quantitative estimate of drug-likeness (QED) is 0.586. The van der Waals surface area contributed by atoms with Gasteiger partial charge in [-0.2, -0.15) is 0 Å². The number of nitrogens with one attached hydrogen (secondary N) is 1. The maximum absolute atomic E-state index is 12.1. The van der Waals surface area contributed by atoms with E-state index in [4.69, 9.17) is 9.47 Å². The standard InChI is InChI=1S/C14H13B2N3O3S/c1-2-3-7-6-17-12(20)19(7)13-18-10-9(23-13)5-4-8-11(10)22-14(15,16)21-8/h4-5,7H,6,15-16H2,1H3,(H,17,20)/t7-/m1/s1. The van der Waals surface area contributed by atoms with Crippen LogP contribution in [0, 0.1) is 11.8 Å². The monoisotopic (exact) mass is 325 g/mol. The van der Waals surface area contributed by atoms with Crippen molar-refractivity contribution < 1.29 is 14.3 Å². The van der Waals surface area contributed by atoms with Crippen LogP contribution in [0.15, 0.2) is 12.1 Å². The Balaban J connectivity index is 1.81. The number of ether oxygens (including phenoxy) is 2. The number of urea groups is 1. The van der Waals surface area contributed by atoms with Crippen molar-refractivity contribution in [2.24, 2.45) is 0 Å². The molecule has 0 radical (unpaired) electrons. The molecule has 1 saturated heterocycles. The Morgan fingerprint density at radius 2 is 2.30 bits per heavy atom. The zero-order chi connectivity index (χ0) is 16.2. The molecule has 0 spiro atoms. The Morgan fingerprint density at radius 1 is 1.48 bits per heavy atom. The van der Waals surface area contributed by atoms with Crippen LogP contribution in [0.1, 0.15) is 6.92 Å². The third kappa shape index (κ3) is 2.21. The summed E-state index contributed by atoms with van der Waals surface area (Å²) in [5, 5.41) is 3.42. The molecule has 4 rings (SSSR count). The minimum Gasteiger partial charge on any atom is -0.467 e. The van der Waals surface area contributed by atoms with E-state index < -0.39 is 5.59 Å². The van der Waals surface area contributed by atoms with E-state index in [2.05, 4.69) is 22.1 Å². The topological polar surface area (TPSA) is 63.7 Å². The van der Waals surface area contributed by atoms with Gasteiger partial charge in [0.25, 0.3) is 0 Å². The summed E-state index contributed by atoms with van der Waals surface area (Å²) < 4.78 is 12.6. The van der Waals surface area contributed by atoms with E-state index in [-0.39, 0.29) is 12.1 Å². The minimum atomic E-state index is -0.707. The Labute approximate surface area is 139 Å². The Hall–Kier alpha value is -2.33. The molecule has 9 heteroatoms. The molecule has 2 amide bonds. The SMILES string of the molecule is BC1(B)Oc2ccc3sc(N4C(=O)NC[C@H]4C#CC)nc3c2O1. The van der Waals surface area contributed by atoms with Crippen LogP contribution >= 0.6 is 11.3 Å². The first-order valence-electron chi connectivity index (χ1n) is 7.29. The summed E-state index contributed by atoms with van der Waals surface area (Å²) in [5.41, 5.74) is 0.0118. The molecule has 23 heavy (non-hydrogen) atoms. The fourth-order valence-electron chi connectivity index (χ4n) is 2.76. The van der Waals surface area contributed by atoms with E-state index in [1.807, 2.05) is 27.8 Å². The van der Waals surface area contributed by atoms with Crippen molar-refractivity contribution in [1.82, 2.24) is 10.3 Å². The molecule has 1 atom stereocenters. The summed E-state index contributed by atoms with van der Waals surface area (Å²) >= 11 is 1.44. The van der Waals surface area contributed by atoms with Gasteiger partial charge in [-0.25, -0.2) is 9.78 Å². The van der Waals surface area contributed by atoms with Gasteiger partial charge >= 0.3 is 6.03 Å². The average Bonchev–Trinajstić information content (AvgIpc) is 3.13. The molecule has 6 nitrogen and oxygen atoms in total. The van der Waals surface area contributed by atoms with Crippen molar-refractivity contribution in [3.8, 4) is 23.3 Å². The molecule has 2 aliphatic rings. The van der Waals surface area contributed by atoms with E-state index in [0.717, 1.165) is 10.2 Å². The van der Waals surface area contributed by atoms with Crippen LogP contribution in [0.25, 0.3) is 10.2 Å². The summed E-state index contributed by atoms with van der Waals surface area (Å²) in [6, 6.07) is 3.44. The lowest BCUT2D eigenvalue weighted by atomic mass is 9.76. The summed E-state index contributed by atoms with van der Waals surface area (Å²) in [5.74, 6) is 7.21. The summed E-state index contributed by atoms with van der Waals surface area (Å²) in [7, 11) is 3.71. The highest BCUT2D eigenvalue weighted by Crippen LogP contribution is 2.45. The lowest BCUT2D eigenvalue weighted by Gasteiger charge is -2.17. The van der Waals surface area contributed by atoms with Crippen molar-refractivity contribution in [2.75, 3.05) is 11.4 Å². The molecular weight excluding hydrogens is 312 g/mol. The van der Waals surface area contributed by atoms with Crippen molar-refractivity contribution in [2.45, 2.75) is 18.6 Å². The van der Waals surface area contributed by atoms with Crippen LogP contribution in [0.2, 0.25) is 0 Å². The van der Waals surface area contributed by atoms with Crippen LogP contribution in [-0.4, -0.2) is 44.9 Å². The predicted octanol–water partition coefficient (Wildman–Crippen LogP) is -0.134. The van der Waals surface area contributed by atoms with Gasteiger partial charge in [-0.15, -0.1) is 5.92 Å². The molecule has 2 aliphatic heterocycles. The third-order valence-corrected chi connectivity index (χ3v) is 4.68. The fourth-order valence-corrected chi connectivity index (χ4v) is 3.77. The number of hydrogen-bond donors (Lipinski definition) is 1.